The van der Waals surface area contributed by atoms with E-state index < -0.39 is 0 Å². The summed E-state index contributed by atoms with van der Waals surface area (Å²) in [6.45, 7) is 13.5. The highest BCUT2D eigenvalue weighted by molar-refractivity contribution is 5.79. The van der Waals surface area contributed by atoms with Crippen LogP contribution in [0.15, 0.2) is 146 Å². The third-order valence-electron chi connectivity index (χ3n) is 9.48. The zero-order valence-corrected chi connectivity index (χ0v) is 29.5. The second-order valence-electron chi connectivity index (χ2n) is 14.4. The molecule has 0 radical (unpaired) electrons. The van der Waals surface area contributed by atoms with E-state index in [1.165, 1.54) is 74.3 Å². The minimum atomic E-state index is 0.116. The number of aryl methyl sites for hydroxylation is 1. The van der Waals surface area contributed by atoms with Gasteiger partial charge in [0.15, 0.2) is 0 Å². The van der Waals surface area contributed by atoms with Crippen LogP contribution in [0.4, 0.5) is 17.1 Å². The van der Waals surface area contributed by atoms with Crippen molar-refractivity contribution in [3.05, 3.63) is 162 Å². The van der Waals surface area contributed by atoms with Gasteiger partial charge in [-0.2, -0.15) is 0 Å². The van der Waals surface area contributed by atoms with Crippen molar-refractivity contribution in [2.75, 3.05) is 4.90 Å². The van der Waals surface area contributed by atoms with E-state index in [4.69, 9.17) is 0 Å². The summed E-state index contributed by atoms with van der Waals surface area (Å²) in [5, 5.41) is 0. The quantitative estimate of drug-likeness (QED) is 0.146. The van der Waals surface area contributed by atoms with Crippen molar-refractivity contribution < 1.29 is 0 Å². The molecule has 1 nitrogen and oxygen atoms in total. The maximum Gasteiger partial charge on any atom is 0.0462 e. The summed E-state index contributed by atoms with van der Waals surface area (Å²) < 4.78 is 0. The fraction of sp³-hybridized carbons (Fsp3) is 0.234. The molecule has 0 heterocycles. The smallest absolute Gasteiger partial charge is 0.0462 e. The van der Waals surface area contributed by atoms with Crippen LogP contribution in [0.3, 0.4) is 0 Å². The summed E-state index contributed by atoms with van der Waals surface area (Å²) in [5.74, 6) is 0.548. The first-order valence-corrected chi connectivity index (χ1v) is 17.6. The van der Waals surface area contributed by atoms with Crippen LogP contribution in [0.25, 0.3) is 33.4 Å². The fourth-order valence-electron chi connectivity index (χ4n) is 6.32. The molecular formula is C47H49N. The molecule has 0 amide bonds. The van der Waals surface area contributed by atoms with E-state index in [9.17, 15) is 0 Å². The van der Waals surface area contributed by atoms with Crippen LogP contribution in [0.2, 0.25) is 0 Å². The molecule has 6 rings (SSSR count). The van der Waals surface area contributed by atoms with E-state index >= 15 is 0 Å². The van der Waals surface area contributed by atoms with Gasteiger partial charge in [0.2, 0.25) is 0 Å². The molecule has 0 N–H and O–H groups in total. The molecule has 0 aromatic heterocycles. The van der Waals surface area contributed by atoms with Crippen molar-refractivity contribution >= 4 is 17.1 Å². The Balaban J connectivity index is 1.22. The molecule has 0 aliphatic heterocycles. The molecule has 0 spiro atoms. The predicted molar refractivity (Wildman–Crippen MR) is 209 cm³/mol. The van der Waals surface area contributed by atoms with Crippen molar-refractivity contribution in [2.24, 2.45) is 0 Å². The summed E-state index contributed by atoms with van der Waals surface area (Å²) in [7, 11) is 0. The first-order valence-electron chi connectivity index (χ1n) is 17.6. The summed E-state index contributed by atoms with van der Waals surface area (Å²) >= 11 is 0. The standard InChI is InChI=1S/C47H49N/c1-7-8-9-35-10-28-44(29-11-35)48(46-32-26-43(27-33-46)47(4,5)6)45-30-24-42(25-31-45)41-22-20-40(21-23-41)39-18-16-38(17-19-39)37-14-12-36(13-15-37)34(2)3/h10-34H,7-9H2,1-6H3. The van der Waals surface area contributed by atoms with Crippen LogP contribution < -0.4 is 4.90 Å². The third-order valence-corrected chi connectivity index (χ3v) is 9.48. The fourth-order valence-corrected chi connectivity index (χ4v) is 6.32. The maximum atomic E-state index is 2.37. The molecule has 0 unspecified atom stereocenters. The normalized spacial score (nSPS) is 11.6. The van der Waals surface area contributed by atoms with Crippen molar-refractivity contribution in [2.45, 2.75) is 72.1 Å². The molecule has 0 saturated carbocycles. The van der Waals surface area contributed by atoms with Gasteiger partial charge in [-0.05, 0) is 111 Å². The topological polar surface area (TPSA) is 3.24 Å². The number of nitrogens with zero attached hydrogens (tertiary/aromatic N) is 1. The van der Waals surface area contributed by atoms with Crippen LogP contribution in [0, 0.1) is 0 Å². The second kappa shape index (κ2) is 14.5. The van der Waals surface area contributed by atoms with E-state index in [0.717, 1.165) is 12.1 Å². The number of hydrogen-bond donors (Lipinski definition) is 0. The van der Waals surface area contributed by atoms with E-state index in [1.54, 1.807) is 0 Å². The molecule has 48 heavy (non-hydrogen) atoms. The number of unbranched alkanes of at least 4 members (excludes halogenated alkanes) is 1. The molecule has 0 atom stereocenters. The first-order chi connectivity index (χ1) is 23.2. The lowest BCUT2D eigenvalue weighted by Gasteiger charge is -2.27. The van der Waals surface area contributed by atoms with Gasteiger partial charge in [-0.3, -0.25) is 0 Å². The molecule has 6 aromatic rings. The van der Waals surface area contributed by atoms with Crippen molar-refractivity contribution in [1.29, 1.82) is 0 Å². The van der Waals surface area contributed by atoms with Gasteiger partial charge in [0, 0.05) is 17.1 Å². The average Bonchev–Trinajstić information content (AvgIpc) is 3.12. The van der Waals surface area contributed by atoms with Gasteiger partial charge in [-0.25, -0.2) is 0 Å². The summed E-state index contributed by atoms with van der Waals surface area (Å²) in [5.41, 5.74) is 15.1. The second-order valence-corrected chi connectivity index (χ2v) is 14.4. The number of hydrogen-bond acceptors (Lipinski definition) is 1. The Morgan fingerprint density at radius 1 is 0.458 bits per heavy atom. The molecule has 0 fully saturated rings. The molecular weight excluding hydrogens is 579 g/mol. The van der Waals surface area contributed by atoms with Crippen LogP contribution in [0.5, 0.6) is 0 Å². The van der Waals surface area contributed by atoms with E-state index in [2.05, 4.69) is 192 Å². The maximum absolute atomic E-state index is 2.37. The number of benzene rings is 6. The molecule has 242 valence electrons. The van der Waals surface area contributed by atoms with Gasteiger partial charge >= 0.3 is 0 Å². The van der Waals surface area contributed by atoms with Gasteiger partial charge in [-0.1, -0.05) is 157 Å². The van der Waals surface area contributed by atoms with E-state index in [-0.39, 0.29) is 5.41 Å². The van der Waals surface area contributed by atoms with Gasteiger partial charge < -0.3 is 4.90 Å². The van der Waals surface area contributed by atoms with E-state index in [0.29, 0.717) is 5.92 Å². The Hall–Kier alpha value is -4.88. The highest BCUT2D eigenvalue weighted by Gasteiger charge is 2.17. The third kappa shape index (κ3) is 7.63. The first kappa shape index (κ1) is 33.0. The van der Waals surface area contributed by atoms with Crippen molar-refractivity contribution in [1.82, 2.24) is 0 Å². The van der Waals surface area contributed by atoms with E-state index in [1.807, 2.05) is 0 Å². The minimum Gasteiger partial charge on any atom is -0.311 e. The highest BCUT2D eigenvalue weighted by Crippen LogP contribution is 2.37. The summed E-state index contributed by atoms with van der Waals surface area (Å²) in [6.07, 6.45) is 3.56. The van der Waals surface area contributed by atoms with Gasteiger partial charge in [0.25, 0.3) is 0 Å². The van der Waals surface area contributed by atoms with Gasteiger partial charge in [0.05, 0.1) is 0 Å². The lowest BCUT2D eigenvalue weighted by Crippen LogP contribution is -2.13. The van der Waals surface area contributed by atoms with Crippen molar-refractivity contribution in [3.8, 4) is 33.4 Å². The minimum absolute atomic E-state index is 0.116. The summed E-state index contributed by atoms with van der Waals surface area (Å²) in [6, 6.07) is 54.0. The lowest BCUT2D eigenvalue weighted by atomic mass is 9.87. The highest BCUT2D eigenvalue weighted by atomic mass is 15.1. The zero-order chi connectivity index (χ0) is 33.7. The monoisotopic (exact) mass is 627 g/mol. The Kier molecular flexibility index (Phi) is 9.97. The Morgan fingerprint density at radius 3 is 1.15 bits per heavy atom. The zero-order valence-electron chi connectivity index (χ0n) is 29.5. The predicted octanol–water partition coefficient (Wildman–Crippen LogP) is 13.9. The number of anilines is 3. The molecule has 1 heteroatoms. The molecule has 0 aliphatic carbocycles. The lowest BCUT2D eigenvalue weighted by molar-refractivity contribution is 0.590. The molecule has 0 bridgehead atoms. The van der Waals surface area contributed by atoms with Crippen LogP contribution in [-0.2, 0) is 11.8 Å². The molecule has 6 aromatic carbocycles. The SMILES string of the molecule is CCCCc1ccc(N(c2ccc(-c3ccc(-c4ccc(-c5ccc(C(C)C)cc5)cc4)cc3)cc2)c2ccc(C(C)(C)C)cc2)cc1. The Morgan fingerprint density at radius 2 is 0.792 bits per heavy atom. The van der Waals surface area contributed by atoms with Crippen molar-refractivity contribution in [3.63, 3.8) is 0 Å². The molecule has 0 aliphatic rings. The summed E-state index contributed by atoms with van der Waals surface area (Å²) in [4.78, 5) is 2.37. The Bertz CT molecular complexity index is 1890. The molecule has 0 saturated heterocycles. The number of rotatable bonds is 10. The largest absolute Gasteiger partial charge is 0.311 e. The van der Waals surface area contributed by atoms with Gasteiger partial charge in [0.1, 0.15) is 0 Å². The van der Waals surface area contributed by atoms with Crippen LogP contribution in [-0.4, -0.2) is 0 Å². The van der Waals surface area contributed by atoms with Crippen LogP contribution in [0.1, 0.15) is 77.0 Å². The van der Waals surface area contributed by atoms with Gasteiger partial charge in [-0.15, -0.1) is 0 Å². The van der Waals surface area contributed by atoms with Crippen LogP contribution >= 0.6 is 0 Å². The average molecular weight is 628 g/mol. The Labute approximate surface area is 288 Å².